The molecule has 1 aliphatic rings. The summed E-state index contributed by atoms with van der Waals surface area (Å²) in [6.45, 7) is 3.14. The minimum absolute atomic E-state index is 0.271. The number of benzene rings is 1. The topological polar surface area (TPSA) is 29.9 Å². The van der Waals surface area contributed by atoms with E-state index in [4.69, 9.17) is 23.2 Å². The molecule has 0 aliphatic heterocycles. The van der Waals surface area contributed by atoms with E-state index in [2.05, 4.69) is 29.5 Å². The molecular weight excluding hydrogens is 305 g/mol. The van der Waals surface area contributed by atoms with E-state index < -0.39 is 0 Å². The molecule has 21 heavy (non-hydrogen) atoms. The molecule has 1 N–H and O–H groups in total. The Bertz CT molecular complexity index is 638. The Kier molecular flexibility index (Phi) is 4.25. The van der Waals surface area contributed by atoms with Crippen molar-refractivity contribution >= 4 is 23.2 Å². The number of nitrogens with zero attached hydrogens (tertiary/aromatic N) is 2. The molecule has 3 atom stereocenters. The van der Waals surface area contributed by atoms with Crippen LogP contribution < -0.4 is 5.32 Å². The van der Waals surface area contributed by atoms with Gasteiger partial charge in [0.15, 0.2) is 0 Å². The molecule has 0 bridgehead atoms. The predicted octanol–water partition coefficient (Wildman–Crippen LogP) is 4.18. The van der Waals surface area contributed by atoms with Gasteiger partial charge in [0.05, 0.1) is 12.0 Å². The van der Waals surface area contributed by atoms with Crippen molar-refractivity contribution in [3.63, 3.8) is 0 Å². The van der Waals surface area contributed by atoms with E-state index in [1.807, 2.05) is 30.1 Å². The van der Waals surface area contributed by atoms with E-state index in [0.29, 0.717) is 16.9 Å². The lowest BCUT2D eigenvalue weighted by Gasteiger charge is -2.11. The van der Waals surface area contributed by atoms with Crippen molar-refractivity contribution in [2.45, 2.75) is 25.3 Å². The summed E-state index contributed by atoms with van der Waals surface area (Å²) in [5, 5.41) is 5.04. The Morgan fingerprint density at radius 1 is 1.43 bits per heavy atom. The monoisotopic (exact) mass is 323 g/mol. The third-order valence-electron chi connectivity index (χ3n) is 4.14. The number of imidazole rings is 1. The second kappa shape index (κ2) is 5.99. The van der Waals surface area contributed by atoms with E-state index >= 15 is 0 Å². The Balaban J connectivity index is 1.54. The lowest BCUT2D eigenvalue weighted by atomic mass is 10.1. The second-order valence-electron chi connectivity index (χ2n) is 5.86. The van der Waals surface area contributed by atoms with Crippen molar-refractivity contribution in [2.24, 2.45) is 13.0 Å². The minimum atomic E-state index is 0.271. The number of hydrogen-bond acceptors (Lipinski definition) is 2. The Morgan fingerprint density at radius 2 is 2.24 bits per heavy atom. The number of aryl methyl sites for hydroxylation is 1. The molecular formula is C16H19Cl2N3. The lowest BCUT2D eigenvalue weighted by Crippen LogP contribution is -2.21. The summed E-state index contributed by atoms with van der Waals surface area (Å²) < 4.78 is 1.97. The average molecular weight is 324 g/mol. The fraction of sp³-hybridized carbons (Fsp3) is 0.438. The molecule has 0 saturated heterocycles. The molecule has 1 unspecified atom stereocenters. The Morgan fingerprint density at radius 3 is 2.90 bits per heavy atom. The number of rotatable bonds is 5. The summed E-state index contributed by atoms with van der Waals surface area (Å²) in [5.41, 5.74) is 2.30. The van der Waals surface area contributed by atoms with Crippen LogP contribution >= 0.6 is 23.2 Å². The molecule has 3 rings (SSSR count). The first-order valence-electron chi connectivity index (χ1n) is 7.21. The van der Waals surface area contributed by atoms with Crippen molar-refractivity contribution in [1.82, 2.24) is 14.9 Å². The van der Waals surface area contributed by atoms with Crippen LogP contribution in [0.2, 0.25) is 10.0 Å². The highest BCUT2D eigenvalue weighted by molar-refractivity contribution is 6.35. The fourth-order valence-corrected chi connectivity index (χ4v) is 3.29. The van der Waals surface area contributed by atoms with E-state index in [1.54, 1.807) is 0 Å². The molecule has 1 aliphatic carbocycles. The van der Waals surface area contributed by atoms with Gasteiger partial charge in [-0.15, -0.1) is 0 Å². The minimum Gasteiger partial charge on any atom is -0.340 e. The number of halogens is 2. The van der Waals surface area contributed by atoms with Crippen LogP contribution in [0.15, 0.2) is 30.7 Å². The summed E-state index contributed by atoms with van der Waals surface area (Å²) in [4.78, 5) is 4.38. The number of nitrogens with one attached hydrogen (secondary N) is 1. The molecule has 1 aromatic heterocycles. The predicted molar refractivity (Wildman–Crippen MR) is 86.9 cm³/mol. The second-order valence-corrected chi connectivity index (χ2v) is 6.71. The lowest BCUT2D eigenvalue weighted by molar-refractivity contribution is 0.534. The van der Waals surface area contributed by atoms with Crippen LogP contribution in [0.3, 0.4) is 0 Å². The first-order chi connectivity index (χ1) is 10.0. The SMILES string of the molecule is CC(NC[C@@H]1C[C@H]1c1ccc(Cl)cc1Cl)c1cn(C)cn1. The van der Waals surface area contributed by atoms with E-state index in [1.165, 1.54) is 12.0 Å². The molecule has 5 heteroatoms. The van der Waals surface area contributed by atoms with Gasteiger partial charge in [-0.05, 0) is 49.4 Å². The van der Waals surface area contributed by atoms with Gasteiger partial charge in [-0.1, -0.05) is 29.3 Å². The van der Waals surface area contributed by atoms with Crippen molar-refractivity contribution in [2.75, 3.05) is 6.54 Å². The van der Waals surface area contributed by atoms with Gasteiger partial charge in [0, 0.05) is 29.3 Å². The van der Waals surface area contributed by atoms with Gasteiger partial charge in [-0.2, -0.15) is 0 Å². The average Bonchev–Trinajstić information content (AvgIpc) is 3.07. The Hall–Kier alpha value is -1.03. The number of aromatic nitrogens is 2. The molecule has 1 aromatic carbocycles. The zero-order valence-electron chi connectivity index (χ0n) is 12.2. The van der Waals surface area contributed by atoms with Crippen molar-refractivity contribution in [1.29, 1.82) is 0 Å². The van der Waals surface area contributed by atoms with E-state index in [-0.39, 0.29) is 6.04 Å². The highest BCUT2D eigenvalue weighted by Crippen LogP contribution is 2.49. The van der Waals surface area contributed by atoms with Gasteiger partial charge in [-0.3, -0.25) is 0 Å². The zero-order valence-corrected chi connectivity index (χ0v) is 13.7. The van der Waals surface area contributed by atoms with Crippen LogP contribution in [-0.4, -0.2) is 16.1 Å². The highest BCUT2D eigenvalue weighted by atomic mass is 35.5. The van der Waals surface area contributed by atoms with Crippen LogP contribution in [0.1, 0.15) is 36.6 Å². The first-order valence-corrected chi connectivity index (χ1v) is 7.96. The summed E-state index contributed by atoms with van der Waals surface area (Å²) in [6, 6.07) is 6.07. The molecule has 1 saturated carbocycles. The summed E-state index contributed by atoms with van der Waals surface area (Å²) in [7, 11) is 1.99. The molecule has 112 valence electrons. The maximum atomic E-state index is 6.27. The molecule has 1 heterocycles. The van der Waals surface area contributed by atoms with Gasteiger partial charge in [0.25, 0.3) is 0 Å². The molecule has 2 aromatic rings. The fourth-order valence-electron chi connectivity index (χ4n) is 2.75. The number of hydrogen-bond donors (Lipinski definition) is 1. The maximum Gasteiger partial charge on any atom is 0.0947 e. The molecule has 0 spiro atoms. The maximum absolute atomic E-state index is 6.27. The standard InChI is InChI=1S/C16H19Cl2N3/c1-10(16-8-21(2)9-20-16)19-7-11-5-14(11)13-4-3-12(17)6-15(13)18/h3-4,6,8-11,14,19H,5,7H2,1-2H3/t10?,11-,14+/m0/s1. The third-order valence-corrected chi connectivity index (χ3v) is 4.70. The van der Waals surface area contributed by atoms with Crippen molar-refractivity contribution in [3.8, 4) is 0 Å². The van der Waals surface area contributed by atoms with Gasteiger partial charge in [0.1, 0.15) is 0 Å². The molecule has 3 nitrogen and oxygen atoms in total. The molecule has 0 amide bonds. The van der Waals surface area contributed by atoms with Crippen LogP contribution in [0.5, 0.6) is 0 Å². The van der Waals surface area contributed by atoms with Gasteiger partial charge >= 0.3 is 0 Å². The smallest absolute Gasteiger partial charge is 0.0947 e. The van der Waals surface area contributed by atoms with Crippen LogP contribution in [0.25, 0.3) is 0 Å². The highest BCUT2D eigenvalue weighted by Gasteiger charge is 2.39. The quantitative estimate of drug-likeness (QED) is 0.894. The van der Waals surface area contributed by atoms with Crippen LogP contribution in [0, 0.1) is 5.92 Å². The summed E-state index contributed by atoms with van der Waals surface area (Å²) in [6.07, 6.45) is 5.07. The van der Waals surface area contributed by atoms with Gasteiger partial charge in [0.2, 0.25) is 0 Å². The van der Waals surface area contributed by atoms with Crippen molar-refractivity contribution < 1.29 is 0 Å². The van der Waals surface area contributed by atoms with Gasteiger partial charge in [-0.25, -0.2) is 4.98 Å². The van der Waals surface area contributed by atoms with Crippen molar-refractivity contribution in [3.05, 3.63) is 52.0 Å². The Labute approximate surface area is 135 Å². The first kappa shape index (κ1) is 14.9. The summed E-state index contributed by atoms with van der Waals surface area (Å²) >= 11 is 12.2. The summed E-state index contributed by atoms with van der Waals surface area (Å²) in [5.74, 6) is 1.20. The zero-order chi connectivity index (χ0) is 15.0. The molecule has 0 radical (unpaired) electrons. The normalized spacial score (nSPS) is 22.3. The third kappa shape index (κ3) is 3.42. The van der Waals surface area contributed by atoms with Gasteiger partial charge < -0.3 is 9.88 Å². The van der Waals surface area contributed by atoms with Crippen LogP contribution in [-0.2, 0) is 7.05 Å². The largest absolute Gasteiger partial charge is 0.340 e. The van der Waals surface area contributed by atoms with E-state index in [0.717, 1.165) is 17.3 Å². The van der Waals surface area contributed by atoms with E-state index in [9.17, 15) is 0 Å². The molecule has 1 fully saturated rings. The van der Waals surface area contributed by atoms with Crippen LogP contribution in [0.4, 0.5) is 0 Å².